The standard InChI is InChI=1S/C12H14N4O2/c1-16-11-3-2-7(4-10(11)14-15-16)9-5-8(6-13-9)12(17)18/h2-4,8-9,13H,5-6H2,1H3,(H,17,18). The molecule has 2 aromatic rings. The van der Waals surface area contributed by atoms with Crippen LogP contribution in [-0.4, -0.2) is 32.6 Å². The van der Waals surface area contributed by atoms with E-state index in [0.29, 0.717) is 13.0 Å². The number of hydrogen-bond donors (Lipinski definition) is 2. The van der Waals surface area contributed by atoms with E-state index in [4.69, 9.17) is 5.11 Å². The fraction of sp³-hybridized carbons (Fsp3) is 0.417. The molecule has 2 N–H and O–H groups in total. The zero-order valence-electron chi connectivity index (χ0n) is 10.00. The summed E-state index contributed by atoms with van der Waals surface area (Å²) in [5.41, 5.74) is 2.90. The molecule has 2 atom stereocenters. The molecular formula is C12H14N4O2. The maximum atomic E-state index is 10.9. The number of hydrogen-bond acceptors (Lipinski definition) is 4. The van der Waals surface area contributed by atoms with Gasteiger partial charge in [0.2, 0.25) is 0 Å². The van der Waals surface area contributed by atoms with Crippen molar-refractivity contribution < 1.29 is 9.90 Å². The van der Waals surface area contributed by atoms with Crippen LogP contribution in [0.3, 0.4) is 0 Å². The van der Waals surface area contributed by atoms with E-state index in [0.717, 1.165) is 16.6 Å². The van der Waals surface area contributed by atoms with Crippen molar-refractivity contribution in [1.82, 2.24) is 20.3 Å². The third-order valence-corrected chi connectivity index (χ3v) is 3.52. The fourth-order valence-corrected chi connectivity index (χ4v) is 2.45. The minimum atomic E-state index is -0.731. The molecule has 0 radical (unpaired) electrons. The van der Waals surface area contributed by atoms with Gasteiger partial charge < -0.3 is 10.4 Å². The summed E-state index contributed by atoms with van der Waals surface area (Å²) in [4.78, 5) is 10.9. The van der Waals surface area contributed by atoms with Crippen LogP contribution in [0.4, 0.5) is 0 Å². The molecule has 1 aromatic carbocycles. The van der Waals surface area contributed by atoms with E-state index < -0.39 is 5.97 Å². The topological polar surface area (TPSA) is 80.0 Å². The van der Waals surface area contributed by atoms with Crippen molar-refractivity contribution in [3.63, 3.8) is 0 Å². The number of benzene rings is 1. The van der Waals surface area contributed by atoms with E-state index in [1.54, 1.807) is 4.68 Å². The Balaban J connectivity index is 1.89. The van der Waals surface area contributed by atoms with Crippen LogP contribution in [0.15, 0.2) is 18.2 Å². The van der Waals surface area contributed by atoms with Crippen LogP contribution in [0.2, 0.25) is 0 Å². The molecule has 0 amide bonds. The molecule has 1 aliphatic rings. The Bertz CT molecular complexity index is 607. The molecule has 1 saturated heterocycles. The summed E-state index contributed by atoms with van der Waals surface area (Å²) in [5, 5.41) is 20.3. The lowest BCUT2D eigenvalue weighted by molar-refractivity contribution is -0.141. The number of aromatic nitrogens is 3. The first-order chi connectivity index (χ1) is 8.65. The number of carboxylic acid groups (broad SMARTS) is 1. The normalized spacial score (nSPS) is 23.6. The maximum Gasteiger partial charge on any atom is 0.307 e. The summed E-state index contributed by atoms with van der Waals surface area (Å²) in [6.45, 7) is 0.526. The van der Waals surface area contributed by atoms with Crippen molar-refractivity contribution in [2.75, 3.05) is 6.54 Å². The molecule has 6 nitrogen and oxygen atoms in total. The van der Waals surface area contributed by atoms with Crippen LogP contribution in [0.25, 0.3) is 11.0 Å². The van der Waals surface area contributed by atoms with Crippen molar-refractivity contribution in [2.45, 2.75) is 12.5 Å². The van der Waals surface area contributed by atoms with Gasteiger partial charge in [-0.1, -0.05) is 11.3 Å². The van der Waals surface area contributed by atoms with Crippen molar-refractivity contribution in [2.24, 2.45) is 13.0 Å². The van der Waals surface area contributed by atoms with E-state index in [2.05, 4.69) is 15.6 Å². The molecule has 1 aromatic heterocycles. The molecular weight excluding hydrogens is 232 g/mol. The van der Waals surface area contributed by atoms with Crippen LogP contribution < -0.4 is 5.32 Å². The summed E-state index contributed by atoms with van der Waals surface area (Å²) < 4.78 is 1.72. The average molecular weight is 246 g/mol. The SMILES string of the molecule is Cn1nnc2cc(C3CC(C(=O)O)CN3)ccc21. The van der Waals surface area contributed by atoms with Gasteiger partial charge in [0.05, 0.1) is 11.4 Å². The molecule has 3 rings (SSSR count). The van der Waals surface area contributed by atoms with E-state index in [1.807, 2.05) is 25.2 Å². The van der Waals surface area contributed by atoms with Crippen LogP contribution in [0.1, 0.15) is 18.0 Å². The summed E-state index contributed by atoms with van der Waals surface area (Å²) in [7, 11) is 1.85. The number of aliphatic carboxylic acids is 1. The van der Waals surface area contributed by atoms with Gasteiger partial charge in [0.25, 0.3) is 0 Å². The van der Waals surface area contributed by atoms with Gasteiger partial charge in [-0.05, 0) is 24.1 Å². The largest absolute Gasteiger partial charge is 0.481 e. The van der Waals surface area contributed by atoms with Gasteiger partial charge in [-0.15, -0.1) is 5.10 Å². The van der Waals surface area contributed by atoms with Crippen LogP contribution >= 0.6 is 0 Å². The van der Waals surface area contributed by atoms with Crippen molar-refractivity contribution in [3.05, 3.63) is 23.8 Å². The summed E-state index contributed by atoms with van der Waals surface area (Å²) in [6, 6.07) is 6.05. The highest BCUT2D eigenvalue weighted by molar-refractivity contribution is 5.75. The van der Waals surface area contributed by atoms with E-state index >= 15 is 0 Å². The first-order valence-corrected chi connectivity index (χ1v) is 5.90. The molecule has 0 bridgehead atoms. The molecule has 2 heterocycles. The lowest BCUT2D eigenvalue weighted by Gasteiger charge is -2.10. The number of nitrogens with zero attached hydrogens (tertiary/aromatic N) is 3. The molecule has 0 spiro atoms. The Kier molecular flexibility index (Phi) is 2.52. The highest BCUT2D eigenvalue weighted by atomic mass is 16.4. The van der Waals surface area contributed by atoms with E-state index in [1.165, 1.54) is 0 Å². The first kappa shape index (κ1) is 11.2. The lowest BCUT2D eigenvalue weighted by Crippen LogP contribution is -2.17. The van der Waals surface area contributed by atoms with Crippen molar-refractivity contribution in [1.29, 1.82) is 0 Å². The number of carboxylic acids is 1. The predicted octanol–water partition coefficient (Wildman–Crippen LogP) is 0.703. The molecule has 6 heteroatoms. The molecule has 0 saturated carbocycles. The van der Waals surface area contributed by atoms with Gasteiger partial charge in [-0.2, -0.15) is 0 Å². The molecule has 94 valence electrons. The monoisotopic (exact) mass is 246 g/mol. The number of fused-ring (bicyclic) bond motifs is 1. The number of carbonyl (C=O) groups is 1. The second kappa shape index (κ2) is 4.06. The molecule has 18 heavy (non-hydrogen) atoms. The number of nitrogens with one attached hydrogen (secondary N) is 1. The summed E-state index contributed by atoms with van der Waals surface area (Å²) in [6.07, 6.45) is 0.626. The third kappa shape index (κ3) is 1.74. The van der Waals surface area contributed by atoms with Gasteiger partial charge >= 0.3 is 5.97 Å². The van der Waals surface area contributed by atoms with Crippen LogP contribution in [0.5, 0.6) is 0 Å². The highest BCUT2D eigenvalue weighted by Gasteiger charge is 2.30. The Labute approximate surface area is 104 Å². The molecule has 1 aliphatic heterocycles. The van der Waals surface area contributed by atoms with Crippen LogP contribution in [0, 0.1) is 5.92 Å². The zero-order chi connectivity index (χ0) is 12.7. The van der Waals surface area contributed by atoms with Crippen molar-refractivity contribution >= 4 is 17.0 Å². The summed E-state index contributed by atoms with van der Waals surface area (Å²) >= 11 is 0. The van der Waals surface area contributed by atoms with E-state index in [-0.39, 0.29) is 12.0 Å². The number of rotatable bonds is 2. The van der Waals surface area contributed by atoms with Gasteiger partial charge in [0.15, 0.2) is 0 Å². The van der Waals surface area contributed by atoms with Gasteiger partial charge in [0.1, 0.15) is 5.52 Å². The second-order valence-electron chi connectivity index (χ2n) is 4.69. The van der Waals surface area contributed by atoms with Crippen molar-refractivity contribution in [3.8, 4) is 0 Å². The summed E-state index contributed by atoms with van der Waals surface area (Å²) in [5.74, 6) is -1.03. The minimum Gasteiger partial charge on any atom is -0.481 e. The van der Waals surface area contributed by atoms with Crippen LogP contribution in [-0.2, 0) is 11.8 Å². The van der Waals surface area contributed by atoms with E-state index in [9.17, 15) is 4.79 Å². The number of aryl methyl sites for hydroxylation is 1. The maximum absolute atomic E-state index is 10.9. The fourth-order valence-electron chi connectivity index (χ4n) is 2.45. The smallest absolute Gasteiger partial charge is 0.307 e. The average Bonchev–Trinajstić information content (AvgIpc) is 2.96. The molecule has 0 aliphatic carbocycles. The van der Waals surface area contributed by atoms with Gasteiger partial charge in [-0.25, -0.2) is 4.68 Å². The minimum absolute atomic E-state index is 0.0949. The second-order valence-corrected chi connectivity index (χ2v) is 4.69. The Morgan fingerprint density at radius 2 is 2.39 bits per heavy atom. The lowest BCUT2D eigenvalue weighted by atomic mass is 10.00. The van der Waals surface area contributed by atoms with Gasteiger partial charge in [0, 0.05) is 19.6 Å². The predicted molar refractivity (Wildman–Crippen MR) is 65.0 cm³/mol. The molecule has 1 fully saturated rings. The third-order valence-electron chi connectivity index (χ3n) is 3.52. The Morgan fingerprint density at radius 3 is 3.11 bits per heavy atom. The first-order valence-electron chi connectivity index (χ1n) is 5.90. The Morgan fingerprint density at radius 1 is 1.56 bits per heavy atom. The highest BCUT2D eigenvalue weighted by Crippen LogP contribution is 2.28. The quantitative estimate of drug-likeness (QED) is 0.815. The van der Waals surface area contributed by atoms with Gasteiger partial charge in [-0.3, -0.25) is 4.79 Å². The Hall–Kier alpha value is -1.95. The molecule has 2 unspecified atom stereocenters. The zero-order valence-corrected chi connectivity index (χ0v) is 10.00.